The highest BCUT2D eigenvalue weighted by Gasteiger charge is 2.29. The second-order valence-electron chi connectivity index (χ2n) is 7.21. The van der Waals surface area contributed by atoms with E-state index in [1.165, 1.54) is 0 Å². The van der Waals surface area contributed by atoms with E-state index in [0.717, 1.165) is 36.4 Å². The third-order valence-corrected chi connectivity index (χ3v) is 6.12. The Hall–Kier alpha value is -2.34. The van der Waals surface area contributed by atoms with Gasteiger partial charge in [0.25, 0.3) is 0 Å². The zero-order valence-corrected chi connectivity index (χ0v) is 16.7. The zero-order valence-electron chi connectivity index (χ0n) is 15.9. The van der Waals surface area contributed by atoms with E-state index in [4.69, 9.17) is 0 Å². The SMILES string of the molecule is CC1CCN(C(=O)C(NC(=O)NC(C)c2cccs2)c2ccccc2)CC1. The van der Waals surface area contributed by atoms with Crippen LogP contribution in [0.4, 0.5) is 4.79 Å². The molecule has 1 aliphatic heterocycles. The summed E-state index contributed by atoms with van der Waals surface area (Å²) >= 11 is 1.60. The number of carbonyl (C=O) groups is 2. The summed E-state index contributed by atoms with van der Waals surface area (Å²) in [4.78, 5) is 28.7. The number of amides is 3. The summed E-state index contributed by atoms with van der Waals surface area (Å²) in [5.41, 5.74) is 0.806. The number of rotatable bonds is 5. The number of piperidine rings is 1. The van der Waals surface area contributed by atoms with Gasteiger partial charge in [0.1, 0.15) is 6.04 Å². The van der Waals surface area contributed by atoms with Crippen molar-refractivity contribution < 1.29 is 9.59 Å². The molecule has 6 heteroatoms. The molecule has 2 unspecified atom stereocenters. The third-order valence-electron chi connectivity index (χ3n) is 5.07. The Bertz CT molecular complexity index is 740. The van der Waals surface area contributed by atoms with Crippen LogP contribution >= 0.6 is 11.3 Å². The lowest BCUT2D eigenvalue weighted by Gasteiger charge is -2.33. The van der Waals surface area contributed by atoms with E-state index in [-0.39, 0.29) is 18.0 Å². The molecule has 1 aromatic heterocycles. The van der Waals surface area contributed by atoms with Crippen molar-refractivity contribution in [3.8, 4) is 0 Å². The summed E-state index contributed by atoms with van der Waals surface area (Å²) in [6.07, 6.45) is 2.02. The van der Waals surface area contributed by atoms with Crippen molar-refractivity contribution in [1.29, 1.82) is 0 Å². The molecule has 1 fully saturated rings. The number of likely N-dealkylation sites (tertiary alicyclic amines) is 1. The Labute approximate surface area is 164 Å². The third kappa shape index (κ3) is 5.10. The van der Waals surface area contributed by atoms with Gasteiger partial charge in [0, 0.05) is 18.0 Å². The first-order valence-electron chi connectivity index (χ1n) is 9.48. The lowest BCUT2D eigenvalue weighted by atomic mass is 9.97. The molecule has 0 spiro atoms. The van der Waals surface area contributed by atoms with Gasteiger partial charge in [-0.3, -0.25) is 4.79 Å². The maximum Gasteiger partial charge on any atom is 0.316 e. The Kier molecular flexibility index (Phi) is 6.50. The number of hydrogen-bond donors (Lipinski definition) is 2. The number of carbonyl (C=O) groups excluding carboxylic acids is 2. The molecule has 2 heterocycles. The van der Waals surface area contributed by atoms with Crippen LogP contribution in [0.5, 0.6) is 0 Å². The van der Waals surface area contributed by atoms with Crippen molar-refractivity contribution in [2.45, 2.75) is 38.8 Å². The first-order chi connectivity index (χ1) is 13.0. The number of nitrogens with zero attached hydrogens (tertiary/aromatic N) is 1. The zero-order chi connectivity index (χ0) is 19.2. The molecule has 27 heavy (non-hydrogen) atoms. The molecular formula is C21H27N3O2S. The van der Waals surface area contributed by atoms with Crippen LogP contribution in [-0.4, -0.2) is 29.9 Å². The van der Waals surface area contributed by atoms with E-state index in [0.29, 0.717) is 5.92 Å². The average Bonchev–Trinajstić information content (AvgIpc) is 3.22. The molecule has 1 aliphatic rings. The van der Waals surface area contributed by atoms with Crippen molar-refractivity contribution in [3.63, 3.8) is 0 Å². The second-order valence-corrected chi connectivity index (χ2v) is 8.19. The van der Waals surface area contributed by atoms with E-state index in [1.54, 1.807) is 11.3 Å². The van der Waals surface area contributed by atoms with Crippen LogP contribution in [-0.2, 0) is 4.79 Å². The summed E-state index contributed by atoms with van der Waals surface area (Å²) in [5.74, 6) is 0.610. The Balaban J connectivity index is 1.70. The summed E-state index contributed by atoms with van der Waals surface area (Å²) in [7, 11) is 0. The monoisotopic (exact) mass is 385 g/mol. The van der Waals surface area contributed by atoms with Crippen LogP contribution in [0, 0.1) is 5.92 Å². The first-order valence-corrected chi connectivity index (χ1v) is 10.4. The molecular weight excluding hydrogens is 358 g/mol. The average molecular weight is 386 g/mol. The number of urea groups is 1. The fraction of sp³-hybridized carbons (Fsp3) is 0.429. The van der Waals surface area contributed by atoms with E-state index in [1.807, 2.05) is 59.7 Å². The minimum absolute atomic E-state index is 0.0352. The number of hydrogen-bond acceptors (Lipinski definition) is 3. The van der Waals surface area contributed by atoms with E-state index >= 15 is 0 Å². The van der Waals surface area contributed by atoms with Gasteiger partial charge < -0.3 is 15.5 Å². The number of nitrogens with one attached hydrogen (secondary N) is 2. The largest absolute Gasteiger partial charge is 0.341 e. The maximum atomic E-state index is 13.1. The Morgan fingerprint density at radius 1 is 1.07 bits per heavy atom. The fourth-order valence-corrected chi connectivity index (χ4v) is 4.06. The molecule has 0 saturated carbocycles. The second kappa shape index (κ2) is 9.04. The Morgan fingerprint density at radius 2 is 1.78 bits per heavy atom. The van der Waals surface area contributed by atoms with Gasteiger partial charge in [0.15, 0.2) is 0 Å². The highest BCUT2D eigenvalue weighted by Crippen LogP contribution is 2.22. The normalized spacial score (nSPS) is 17.2. The molecule has 2 N–H and O–H groups in total. The smallest absolute Gasteiger partial charge is 0.316 e. The Morgan fingerprint density at radius 3 is 2.41 bits per heavy atom. The van der Waals surface area contributed by atoms with E-state index < -0.39 is 6.04 Å². The van der Waals surface area contributed by atoms with Crippen LogP contribution in [0.15, 0.2) is 47.8 Å². The van der Waals surface area contributed by atoms with Gasteiger partial charge in [0.2, 0.25) is 5.91 Å². The first kappa shape index (κ1) is 19.4. The molecule has 3 rings (SSSR count). The molecule has 5 nitrogen and oxygen atoms in total. The van der Waals surface area contributed by atoms with Crippen LogP contribution in [0.3, 0.4) is 0 Å². The molecule has 2 aromatic rings. The van der Waals surface area contributed by atoms with Crippen molar-refractivity contribution >= 4 is 23.3 Å². The molecule has 144 valence electrons. The van der Waals surface area contributed by atoms with Crippen LogP contribution in [0.1, 0.15) is 49.2 Å². The minimum Gasteiger partial charge on any atom is -0.341 e. The van der Waals surface area contributed by atoms with E-state index in [2.05, 4.69) is 17.6 Å². The molecule has 1 aromatic carbocycles. The van der Waals surface area contributed by atoms with Crippen LogP contribution < -0.4 is 10.6 Å². The van der Waals surface area contributed by atoms with Gasteiger partial charge in [-0.2, -0.15) is 0 Å². The quantitative estimate of drug-likeness (QED) is 0.814. The van der Waals surface area contributed by atoms with Crippen molar-refractivity contribution in [2.75, 3.05) is 13.1 Å². The van der Waals surface area contributed by atoms with Crippen LogP contribution in [0.2, 0.25) is 0 Å². The molecule has 0 bridgehead atoms. The standard InChI is InChI=1S/C21H27N3O2S/c1-15-10-12-24(13-11-15)20(25)19(17-7-4-3-5-8-17)23-21(26)22-16(2)18-9-6-14-27-18/h3-9,14-16,19H,10-13H2,1-2H3,(H2,22,23,26). The topological polar surface area (TPSA) is 61.4 Å². The van der Waals surface area contributed by atoms with Crippen molar-refractivity contribution in [1.82, 2.24) is 15.5 Å². The van der Waals surface area contributed by atoms with Gasteiger partial charge >= 0.3 is 6.03 Å². The lowest BCUT2D eigenvalue weighted by Crippen LogP contribution is -2.48. The van der Waals surface area contributed by atoms with E-state index in [9.17, 15) is 9.59 Å². The summed E-state index contributed by atoms with van der Waals surface area (Å²) in [6.45, 7) is 5.65. The summed E-state index contributed by atoms with van der Waals surface area (Å²) < 4.78 is 0. The van der Waals surface area contributed by atoms with Gasteiger partial charge in [-0.05, 0) is 42.7 Å². The molecule has 3 amide bonds. The maximum absolute atomic E-state index is 13.1. The minimum atomic E-state index is -0.671. The van der Waals surface area contributed by atoms with Crippen molar-refractivity contribution in [2.24, 2.45) is 5.92 Å². The summed E-state index contributed by atoms with van der Waals surface area (Å²) in [5, 5.41) is 7.82. The fourth-order valence-electron chi connectivity index (χ4n) is 3.32. The van der Waals surface area contributed by atoms with Gasteiger partial charge in [-0.15, -0.1) is 11.3 Å². The summed E-state index contributed by atoms with van der Waals surface area (Å²) in [6, 6.07) is 12.3. The van der Waals surface area contributed by atoms with Crippen molar-refractivity contribution in [3.05, 3.63) is 58.3 Å². The number of thiophene rings is 1. The van der Waals surface area contributed by atoms with Gasteiger partial charge in [-0.25, -0.2) is 4.79 Å². The molecule has 0 radical (unpaired) electrons. The van der Waals surface area contributed by atoms with Gasteiger partial charge in [0.05, 0.1) is 6.04 Å². The molecule has 2 atom stereocenters. The lowest BCUT2D eigenvalue weighted by molar-refractivity contribution is -0.134. The predicted octanol–water partition coefficient (Wildman–Crippen LogP) is 4.11. The number of benzene rings is 1. The highest BCUT2D eigenvalue weighted by molar-refractivity contribution is 7.10. The van der Waals surface area contributed by atoms with Crippen LogP contribution in [0.25, 0.3) is 0 Å². The predicted molar refractivity (Wildman–Crippen MR) is 109 cm³/mol. The molecule has 0 aliphatic carbocycles. The molecule has 1 saturated heterocycles. The highest BCUT2D eigenvalue weighted by atomic mass is 32.1. The van der Waals surface area contributed by atoms with Gasteiger partial charge in [-0.1, -0.05) is 43.3 Å².